The minimum Gasteiger partial charge on any atom is -0.507 e. The normalized spacial score (nSPS) is 26.1. The molecule has 5 rings (SSSR count). The molecule has 15 nitrogen and oxygen atoms in total. The van der Waals surface area contributed by atoms with Crippen LogP contribution in [0, 0.1) is 0 Å². The number of nitrogens with one attached hydrogen (secondary N) is 1. The number of rotatable bonds is 13. The summed E-state index contributed by atoms with van der Waals surface area (Å²) in [6.07, 6.45) is -5.04. The van der Waals surface area contributed by atoms with E-state index in [9.17, 15) is 49.5 Å². The van der Waals surface area contributed by atoms with Crippen molar-refractivity contribution in [3.63, 3.8) is 0 Å². The van der Waals surface area contributed by atoms with Crippen LogP contribution in [0.4, 0.5) is 0 Å². The Morgan fingerprint density at radius 2 is 1.78 bits per heavy atom. The minimum atomic E-state index is -2.30. The number of carbonyl (C=O) groups excluding carboxylic acids is 5. The lowest BCUT2D eigenvalue weighted by atomic mass is 9.72. The molecule has 1 heterocycles. The molecule has 15 heteroatoms. The molecule has 0 saturated carbocycles. The molecule has 1 saturated heterocycles. The molecular formula is C36H43NO14. The molecular weight excluding hydrogens is 670 g/mol. The Bertz CT molecular complexity index is 1720. The summed E-state index contributed by atoms with van der Waals surface area (Å²) in [7, 11) is 1.31. The summed E-state index contributed by atoms with van der Waals surface area (Å²) < 4.78 is 22.8. The number of ether oxygens (including phenoxy) is 4. The summed E-state index contributed by atoms with van der Waals surface area (Å²) in [5.41, 5.74) is -3.85. The van der Waals surface area contributed by atoms with Crippen molar-refractivity contribution in [1.82, 2.24) is 5.32 Å². The molecule has 7 atom stereocenters. The van der Waals surface area contributed by atoms with Gasteiger partial charge in [-0.2, -0.15) is 0 Å². The molecule has 0 aromatic heterocycles. The highest BCUT2D eigenvalue weighted by atomic mass is 16.7. The van der Waals surface area contributed by atoms with Crippen molar-refractivity contribution < 1.29 is 68.5 Å². The zero-order valence-corrected chi connectivity index (χ0v) is 28.8. The first-order valence-corrected chi connectivity index (χ1v) is 16.7. The number of phenols is 2. The second-order valence-corrected chi connectivity index (χ2v) is 13.3. The van der Waals surface area contributed by atoms with Crippen LogP contribution in [0.1, 0.15) is 102 Å². The van der Waals surface area contributed by atoms with Crippen molar-refractivity contribution in [2.24, 2.45) is 0 Å². The van der Waals surface area contributed by atoms with E-state index in [1.807, 2.05) is 0 Å². The van der Waals surface area contributed by atoms with Crippen LogP contribution >= 0.6 is 0 Å². The molecule has 0 amide bonds. The van der Waals surface area contributed by atoms with E-state index < -0.39 is 108 Å². The standard InChI is InChI=1S/C36H43NO14/c1-16(39)11-19(50-18(3)40)7-6-10-37-22-12-26(49-17(2)31(22)42)51-24-14-36(47,25(41)15-38)13-21-28(24)35(46)30-29(33(21)44)32(43)20-8-5-9-23(48-4)27(20)34(30)45/h5,8-9,17,19,22,24,26,31,37-38,42,44,46-47H,6-7,10-15H2,1-4H3/t17?,19?,22?,24?,26?,31?,36-/m0/s1. The zero-order valence-electron chi connectivity index (χ0n) is 28.8. The number of fused-ring (bicyclic) bond motifs is 3. The van der Waals surface area contributed by atoms with E-state index in [0.29, 0.717) is 19.4 Å². The highest BCUT2D eigenvalue weighted by Crippen LogP contribution is 2.52. The summed E-state index contributed by atoms with van der Waals surface area (Å²) in [5.74, 6) is -4.56. The topological polar surface area (TPSA) is 235 Å². The number of hydrogen-bond acceptors (Lipinski definition) is 15. The van der Waals surface area contributed by atoms with Crippen LogP contribution < -0.4 is 10.1 Å². The van der Waals surface area contributed by atoms with Gasteiger partial charge in [0.05, 0.1) is 42.1 Å². The van der Waals surface area contributed by atoms with Crippen molar-refractivity contribution in [1.29, 1.82) is 0 Å². The van der Waals surface area contributed by atoms with Gasteiger partial charge in [0.15, 0.2) is 17.9 Å². The van der Waals surface area contributed by atoms with Crippen molar-refractivity contribution in [3.8, 4) is 17.2 Å². The molecule has 3 aliphatic rings. The van der Waals surface area contributed by atoms with Gasteiger partial charge in [0.2, 0.25) is 5.78 Å². The van der Waals surface area contributed by atoms with Crippen molar-refractivity contribution in [2.75, 3.05) is 20.3 Å². The van der Waals surface area contributed by atoms with Gasteiger partial charge in [-0.05, 0) is 39.3 Å². The van der Waals surface area contributed by atoms with Crippen LogP contribution in [0.5, 0.6) is 17.2 Å². The van der Waals surface area contributed by atoms with Crippen molar-refractivity contribution >= 4 is 29.1 Å². The number of benzene rings is 2. The number of aliphatic hydroxyl groups excluding tert-OH is 2. The van der Waals surface area contributed by atoms with Crippen LogP contribution in [0.3, 0.4) is 0 Å². The summed E-state index contributed by atoms with van der Waals surface area (Å²) in [6, 6.07) is 3.74. The van der Waals surface area contributed by atoms with Crippen LogP contribution in [-0.2, 0) is 35.0 Å². The lowest BCUT2D eigenvalue weighted by molar-refractivity contribution is -0.249. The maximum Gasteiger partial charge on any atom is 0.302 e. The van der Waals surface area contributed by atoms with Crippen LogP contribution in [0.2, 0.25) is 0 Å². The fraction of sp³-hybridized carbons (Fsp3) is 0.528. The van der Waals surface area contributed by atoms with Gasteiger partial charge in [0, 0.05) is 55.3 Å². The molecule has 6 unspecified atom stereocenters. The molecule has 0 radical (unpaired) electrons. The summed E-state index contributed by atoms with van der Waals surface area (Å²) in [6.45, 7) is 3.58. The van der Waals surface area contributed by atoms with E-state index in [1.165, 1.54) is 39.2 Å². The minimum absolute atomic E-state index is 0.0320. The quantitative estimate of drug-likeness (QED) is 0.0833. The van der Waals surface area contributed by atoms with Crippen molar-refractivity contribution in [3.05, 3.63) is 51.6 Å². The SMILES string of the molecule is COc1cccc2c1C(=O)c1c(O)c3c(c(O)c1C2=O)C[C@@](O)(C(=O)CO)CC3OC1CC(NCCCC(CC(C)=O)OC(C)=O)C(O)C(C)O1. The van der Waals surface area contributed by atoms with E-state index in [4.69, 9.17) is 18.9 Å². The molecule has 2 aromatic carbocycles. The average molecular weight is 714 g/mol. The maximum absolute atomic E-state index is 13.9. The first-order valence-electron chi connectivity index (χ1n) is 16.7. The fourth-order valence-electron chi connectivity index (χ4n) is 7.29. The van der Waals surface area contributed by atoms with E-state index in [2.05, 4.69) is 5.32 Å². The second-order valence-electron chi connectivity index (χ2n) is 13.3. The highest BCUT2D eigenvalue weighted by Gasteiger charge is 2.50. The number of carbonyl (C=O) groups is 5. The smallest absolute Gasteiger partial charge is 0.302 e. The van der Waals surface area contributed by atoms with E-state index in [0.717, 1.165) is 0 Å². The number of aliphatic hydroxyl groups is 3. The molecule has 0 spiro atoms. The molecule has 1 fully saturated rings. The Balaban J connectivity index is 1.44. The molecule has 6 N–H and O–H groups in total. The summed E-state index contributed by atoms with van der Waals surface area (Å²) in [5, 5.41) is 58.6. The Hall–Kier alpha value is -4.25. The Morgan fingerprint density at radius 3 is 2.43 bits per heavy atom. The zero-order chi connectivity index (χ0) is 37.4. The molecule has 276 valence electrons. The van der Waals surface area contributed by atoms with Gasteiger partial charge < -0.3 is 49.8 Å². The van der Waals surface area contributed by atoms with Gasteiger partial charge in [-0.15, -0.1) is 0 Å². The lowest BCUT2D eigenvalue weighted by Crippen LogP contribution is -2.54. The number of methoxy groups -OCH3 is 1. The number of hydrogen-bond donors (Lipinski definition) is 6. The average Bonchev–Trinajstić information content (AvgIpc) is 3.07. The Kier molecular flexibility index (Phi) is 11.3. The fourth-order valence-corrected chi connectivity index (χ4v) is 7.29. The number of ketones is 4. The van der Waals surface area contributed by atoms with Gasteiger partial charge in [-0.3, -0.25) is 24.0 Å². The first-order chi connectivity index (χ1) is 24.1. The lowest BCUT2D eigenvalue weighted by Gasteiger charge is -2.43. The largest absolute Gasteiger partial charge is 0.507 e. The van der Waals surface area contributed by atoms with Crippen molar-refractivity contribution in [2.45, 2.75) is 102 Å². The van der Waals surface area contributed by atoms with E-state index in [1.54, 1.807) is 6.92 Å². The highest BCUT2D eigenvalue weighted by molar-refractivity contribution is 6.31. The third kappa shape index (κ3) is 7.40. The molecule has 0 bridgehead atoms. The van der Waals surface area contributed by atoms with Gasteiger partial charge >= 0.3 is 5.97 Å². The number of esters is 1. The number of aromatic hydroxyl groups is 2. The van der Waals surface area contributed by atoms with Gasteiger partial charge in [0.25, 0.3) is 0 Å². The van der Waals surface area contributed by atoms with Gasteiger partial charge in [0.1, 0.15) is 41.3 Å². The summed E-state index contributed by atoms with van der Waals surface area (Å²) >= 11 is 0. The molecule has 2 aromatic rings. The van der Waals surface area contributed by atoms with Crippen LogP contribution in [-0.4, -0.2) is 111 Å². The maximum atomic E-state index is 13.9. The third-order valence-corrected chi connectivity index (χ3v) is 9.72. The van der Waals surface area contributed by atoms with Crippen LogP contribution in [0.15, 0.2) is 18.2 Å². The predicted molar refractivity (Wildman–Crippen MR) is 176 cm³/mol. The molecule has 1 aliphatic heterocycles. The monoisotopic (exact) mass is 713 g/mol. The predicted octanol–water partition coefficient (Wildman–Crippen LogP) is 1.32. The van der Waals surface area contributed by atoms with Gasteiger partial charge in [-0.1, -0.05) is 12.1 Å². The van der Waals surface area contributed by atoms with E-state index in [-0.39, 0.29) is 46.6 Å². The second kappa shape index (κ2) is 15.2. The Morgan fingerprint density at radius 1 is 1.08 bits per heavy atom. The summed E-state index contributed by atoms with van der Waals surface area (Å²) in [4.78, 5) is 63.5. The van der Waals surface area contributed by atoms with E-state index >= 15 is 0 Å². The Labute approximate surface area is 293 Å². The molecule has 51 heavy (non-hydrogen) atoms. The molecule has 2 aliphatic carbocycles. The first kappa shape index (κ1) is 38.0. The number of Topliss-reactive ketones (excluding diaryl/α,β-unsaturated/α-hetero) is 2. The van der Waals surface area contributed by atoms with Crippen LogP contribution in [0.25, 0.3) is 0 Å². The number of phenolic OH excluding ortho intramolecular Hbond substituents is 2. The van der Waals surface area contributed by atoms with Gasteiger partial charge in [-0.25, -0.2) is 0 Å². The third-order valence-electron chi connectivity index (χ3n) is 9.72.